The molecule has 1 atom stereocenters. The van der Waals surface area contributed by atoms with Gasteiger partial charge in [-0.1, -0.05) is 23.2 Å². The Bertz CT molecular complexity index is 1060. The summed E-state index contributed by atoms with van der Waals surface area (Å²) in [6.07, 6.45) is 0. The maximum atomic E-state index is 13.1. The van der Waals surface area contributed by atoms with Gasteiger partial charge in [-0.15, -0.1) is 0 Å². The molecule has 30 heavy (non-hydrogen) atoms. The molecule has 3 aromatic rings. The maximum absolute atomic E-state index is 13.1. The molecule has 0 bridgehead atoms. The van der Waals surface area contributed by atoms with E-state index in [1.165, 1.54) is 12.1 Å². The first-order chi connectivity index (χ1) is 14.3. The molecule has 0 radical (unpaired) electrons. The van der Waals surface area contributed by atoms with E-state index in [0.29, 0.717) is 27.6 Å². The maximum Gasteiger partial charge on any atom is 0.255 e. The summed E-state index contributed by atoms with van der Waals surface area (Å²) in [5.74, 6) is -1.06. The molecule has 3 N–H and O–H groups in total. The normalized spacial score (nSPS) is 11.5. The first kappa shape index (κ1) is 21.6. The average molecular weight is 446 g/mol. The highest BCUT2D eigenvalue weighted by atomic mass is 35.5. The summed E-state index contributed by atoms with van der Waals surface area (Å²) in [5, 5.41) is 9.17. The minimum atomic E-state index is -0.583. The van der Waals surface area contributed by atoms with Gasteiger partial charge in [0.15, 0.2) is 0 Å². The van der Waals surface area contributed by atoms with Crippen molar-refractivity contribution in [3.8, 4) is 0 Å². The Morgan fingerprint density at radius 2 is 1.50 bits per heavy atom. The number of carbonyl (C=O) groups excluding carboxylic acids is 2. The number of carbonyl (C=O) groups is 2. The van der Waals surface area contributed by atoms with Crippen LogP contribution >= 0.6 is 23.2 Å². The molecule has 0 saturated heterocycles. The smallest absolute Gasteiger partial charge is 0.255 e. The van der Waals surface area contributed by atoms with Crippen LogP contribution in [0.1, 0.15) is 17.3 Å². The number of halogens is 3. The summed E-state index contributed by atoms with van der Waals surface area (Å²) in [6, 6.07) is 16.7. The van der Waals surface area contributed by atoms with Gasteiger partial charge in [0.05, 0.1) is 10.7 Å². The van der Waals surface area contributed by atoms with Crippen molar-refractivity contribution in [1.29, 1.82) is 0 Å². The summed E-state index contributed by atoms with van der Waals surface area (Å²) in [4.78, 5) is 24.6. The molecule has 0 aliphatic rings. The second-order valence-corrected chi connectivity index (χ2v) is 7.36. The average Bonchev–Trinajstić information content (AvgIpc) is 2.72. The molecule has 3 rings (SSSR count). The zero-order valence-corrected chi connectivity index (χ0v) is 17.4. The highest BCUT2D eigenvalue weighted by molar-refractivity contribution is 6.33. The first-order valence-corrected chi connectivity index (χ1v) is 9.77. The van der Waals surface area contributed by atoms with Gasteiger partial charge in [-0.25, -0.2) is 4.39 Å². The van der Waals surface area contributed by atoms with E-state index >= 15 is 0 Å². The second kappa shape index (κ2) is 9.61. The fourth-order valence-corrected chi connectivity index (χ4v) is 2.94. The Morgan fingerprint density at radius 1 is 0.867 bits per heavy atom. The number of rotatable bonds is 6. The first-order valence-electron chi connectivity index (χ1n) is 9.01. The van der Waals surface area contributed by atoms with Gasteiger partial charge in [0, 0.05) is 22.0 Å². The largest absolute Gasteiger partial charge is 0.374 e. The number of hydrogen-bond acceptors (Lipinski definition) is 3. The van der Waals surface area contributed by atoms with Crippen LogP contribution in [0, 0.1) is 5.82 Å². The highest BCUT2D eigenvalue weighted by Crippen LogP contribution is 2.23. The lowest BCUT2D eigenvalue weighted by Gasteiger charge is -2.16. The Labute approximate surface area is 183 Å². The molecule has 8 heteroatoms. The van der Waals surface area contributed by atoms with E-state index in [9.17, 15) is 14.0 Å². The summed E-state index contributed by atoms with van der Waals surface area (Å²) in [5.41, 5.74) is 2.12. The van der Waals surface area contributed by atoms with E-state index < -0.39 is 11.9 Å². The molecule has 0 saturated carbocycles. The molecule has 0 heterocycles. The molecule has 0 aromatic heterocycles. The Balaban J connectivity index is 1.57. The van der Waals surface area contributed by atoms with Crippen LogP contribution < -0.4 is 16.0 Å². The summed E-state index contributed by atoms with van der Waals surface area (Å²) in [7, 11) is 0. The molecule has 0 aliphatic carbocycles. The van der Waals surface area contributed by atoms with Crippen molar-refractivity contribution in [2.75, 3.05) is 16.0 Å². The second-order valence-electron chi connectivity index (χ2n) is 6.52. The van der Waals surface area contributed by atoms with Gasteiger partial charge in [-0.2, -0.15) is 0 Å². The lowest BCUT2D eigenvalue weighted by atomic mass is 10.2. The standard InChI is InChI=1S/C22H18Cl2FN3O2/c1-13(21(29)28-20-11-6-16(25)12-19(20)24)26-17-7-9-18(10-8-17)27-22(30)14-2-4-15(23)5-3-14/h2-13,26H,1H3,(H,27,30)(H,28,29). The van der Waals surface area contributed by atoms with E-state index in [0.717, 1.165) is 6.07 Å². The van der Waals surface area contributed by atoms with Gasteiger partial charge in [0.25, 0.3) is 5.91 Å². The van der Waals surface area contributed by atoms with Gasteiger partial charge in [-0.3, -0.25) is 9.59 Å². The molecule has 0 aliphatic heterocycles. The molecular weight excluding hydrogens is 428 g/mol. The summed E-state index contributed by atoms with van der Waals surface area (Å²) >= 11 is 11.8. The number of anilines is 3. The minimum absolute atomic E-state index is 0.122. The van der Waals surface area contributed by atoms with Crippen LogP contribution in [-0.2, 0) is 4.79 Å². The van der Waals surface area contributed by atoms with Crippen molar-refractivity contribution >= 4 is 52.1 Å². The molecule has 2 amide bonds. The SMILES string of the molecule is CC(Nc1ccc(NC(=O)c2ccc(Cl)cc2)cc1)C(=O)Nc1ccc(F)cc1Cl. The fourth-order valence-electron chi connectivity index (χ4n) is 2.60. The van der Waals surface area contributed by atoms with Crippen molar-refractivity contribution in [3.63, 3.8) is 0 Å². The topological polar surface area (TPSA) is 70.2 Å². The number of hydrogen-bond donors (Lipinski definition) is 3. The van der Waals surface area contributed by atoms with E-state index in [-0.39, 0.29) is 16.8 Å². The summed E-state index contributed by atoms with van der Waals surface area (Å²) < 4.78 is 13.1. The Kier molecular flexibility index (Phi) is 6.92. The van der Waals surface area contributed by atoms with Gasteiger partial charge < -0.3 is 16.0 Å². The van der Waals surface area contributed by atoms with Crippen LogP contribution in [0.25, 0.3) is 0 Å². The van der Waals surface area contributed by atoms with Crippen LogP contribution in [0.2, 0.25) is 10.0 Å². The number of nitrogens with one attached hydrogen (secondary N) is 3. The lowest BCUT2D eigenvalue weighted by molar-refractivity contribution is -0.116. The molecule has 5 nitrogen and oxygen atoms in total. The van der Waals surface area contributed by atoms with Crippen molar-refractivity contribution in [1.82, 2.24) is 0 Å². The molecule has 0 spiro atoms. The quantitative estimate of drug-likeness (QED) is 0.447. The van der Waals surface area contributed by atoms with Gasteiger partial charge in [-0.05, 0) is 73.7 Å². The van der Waals surface area contributed by atoms with Gasteiger partial charge in [0.1, 0.15) is 11.9 Å². The third kappa shape index (κ3) is 5.72. The molecule has 1 unspecified atom stereocenters. The van der Waals surface area contributed by atoms with Crippen LogP contribution in [0.15, 0.2) is 66.7 Å². The van der Waals surface area contributed by atoms with Crippen molar-refractivity contribution < 1.29 is 14.0 Å². The Hall–Kier alpha value is -3.09. The predicted octanol–water partition coefficient (Wildman–Crippen LogP) is 5.82. The highest BCUT2D eigenvalue weighted by Gasteiger charge is 2.15. The van der Waals surface area contributed by atoms with Crippen molar-refractivity contribution in [3.05, 3.63) is 88.2 Å². The fraction of sp³-hybridized carbons (Fsp3) is 0.0909. The van der Waals surface area contributed by atoms with Crippen LogP contribution in [0.4, 0.5) is 21.5 Å². The molecule has 0 fully saturated rings. The van der Waals surface area contributed by atoms with Crippen LogP contribution in [0.3, 0.4) is 0 Å². The van der Waals surface area contributed by atoms with Crippen molar-refractivity contribution in [2.24, 2.45) is 0 Å². The zero-order valence-electron chi connectivity index (χ0n) is 15.9. The monoisotopic (exact) mass is 445 g/mol. The van der Waals surface area contributed by atoms with Crippen molar-refractivity contribution in [2.45, 2.75) is 13.0 Å². The van der Waals surface area contributed by atoms with E-state index in [2.05, 4.69) is 16.0 Å². The molecule has 154 valence electrons. The number of benzene rings is 3. The van der Waals surface area contributed by atoms with E-state index in [1.807, 2.05) is 0 Å². The molecule has 3 aromatic carbocycles. The van der Waals surface area contributed by atoms with E-state index in [1.54, 1.807) is 55.5 Å². The minimum Gasteiger partial charge on any atom is -0.374 e. The van der Waals surface area contributed by atoms with Crippen LogP contribution in [-0.4, -0.2) is 17.9 Å². The summed E-state index contributed by atoms with van der Waals surface area (Å²) in [6.45, 7) is 1.68. The number of amides is 2. The van der Waals surface area contributed by atoms with E-state index in [4.69, 9.17) is 23.2 Å². The molecular formula is C22H18Cl2FN3O2. The van der Waals surface area contributed by atoms with Gasteiger partial charge in [0.2, 0.25) is 5.91 Å². The third-order valence-electron chi connectivity index (χ3n) is 4.21. The zero-order chi connectivity index (χ0) is 21.7. The lowest BCUT2D eigenvalue weighted by Crippen LogP contribution is -2.31. The Morgan fingerprint density at radius 3 is 2.13 bits per heavy atom. The third-order valence-corrected chi connectivity index (χ3v) is 4.78. The van der Waals surface area contributed by atoms with Gasteiger partial charge >= 0.3 is 0 Å². The predicted molar refractivity (Wildman–Crippen MR) is 119 cm³/mol. The van der Waals surface area contributed by atoms with Crippen LogP contribution in [0.5, 0.6) is 0 Å².